The van der Waals surface area contributed by atoms with Gasteiger partial charge in [0, 0.05) is 0 Å². The molecule has 0 saturated carbocycles. The van der Waals surface area contributed by atoms with Crippen molar-refractivity contribution in [1.29, 1.82) is 0 Å². The van der Waals surface area contributed by atoms with Crippen LogP contribution in [0.3, 0.4) is 0 Å². The van der Waals surface area contributed by atoms with Crippen LogP contribution in [-0.4, -0.2) is 4.57 Å². The lowest BCUT2D eigenvalue weighted by Gasteiger charge is -2.09. The van der Waals surface area contributed by atoms with Crippen LogP contribution in [0.2, 0.25) is 0 Å². The van der Waals surface area contributed by atoms with Crippen LogP contribution in [0, 0.1) is 0 Å². The normalized spacial score (nSPS) is 11.6. The highest BCUT2D eigenvalue weighted by molar-refractivity contribution is 7.16. The number of benzene rings is 3. The second-order valence-electron chi connectivity index (χ2n) is 6.85. The summed E-state index contributed by atoms with van der Waals surface area (Å²) in [5.41, 5.74) is -0.190. The summed E-state index contributed by atoms with van der Waals surface area (Å²) in [7, 11) is 0. The average Bonchev–Trinajstić information content (AvgIpc) is 2.84. The van der Waals surface area contributed by atoms with Gasteiger partial charge in [-0.2, -0.15) is 13.2 Å². The fourth-order valence-corrected chi connectivity index (χ4v) is 4.03. The Morgan fingerprint density at radius 3 is 1.97 bits per heavy atom. The van der Waals surface area contributed by atoms with Crippen molar-refractivity contribution in [2.24, 2.45) is 0 Å². The Morgan fingerprint density at radius 2 is 1.35 bits per heavy atom. The van der Waals surface area contributed by atoms with Gasteiger partial charge in [-0.25, -0.2) is 0 Å². The Labute approximate surface area is 177 Å². The second kappa shape index (κ2) is 7.96. The summed E-state index contributed by atoms with van der Waals surface area (Å²) in [4.78, 5) is 36.7. The van der Waals surface area contributed by atoms with Crippen molar-refractivity contribution >= 4 is 21.6 Å². The van der Waals surface area contributed by atoms with E-state index >= 15 is 0 Å². The number of aromatic nitrogens is 1. The lowest BCUT2D eigenvalue weighted by Crippen LogP contribution is -2.39. The van der Waals surface area contributed by atoms with Crippen molar-refractivity contribution in [2.75, 3.05) is 0 Å². The molecule has 3 aromatic carbocycles. The van der Waals surface area contributed by atoms with E-state index in [1.165, 1.54) is 16.7 Å². The minimum atomic E-state index is -4.39. The van der Waals surface area contributed by atoms with Gasteiger partial charge in [-0.05, 0) is 41.0 Å². The Balaban J connectivity index is 1.71. The fourth-order valence-electron chi connectivity index (χ4n) is 3.23. The maximum atomic E-state index is 12.7. The molecule has 4 rings (SSSR count). The van der Waals surface area contributed by atoms with Gasteiger partial charge in [0.1, 0.15) is 0 Å². The molecular weight excluding hydrogens is 427 g/mol. The SMILES string of the molecule is O=c1sc2ccccc2n(Cc2ccc(-c3ccc(C(F)(F)F)cc3)cc2)c(=O)c1=O. The monoisotopic (exact) mass is 441 g/mol. The highest BCUT2D eigenvalue weighted by Crippen LogP contribution is 2.31. The second-order valence-corrected chi connectivity index (χ2v) is 7.86. The molecule has 0 aliphatic carbocycles. The minimum Gasteiger partial charge on any atom is -0.300 e. The van der Waals surface area contributed by atoms with Crippen LogP contribution in [0.15, 0.2) is 87.2 Å². The average molecular weight is 441 g/mol. The predicted molar refractivity (Wildman–Crippen MR) is 115 cm³/mol. The van der Waals surface area contributed by atoms with E-state index in [-0.39, 0.29) is 6.54 Å². The quantitative estimate of drug-likeness (QED) is 0.440. The number of halogens is 3. The van der Waals surface area contributed by atoms with E-state index in [0.29, 0.717) is 26.9 Å². The minimum absolute atomic E-state index is 0.0721. The van der Waals surface area contributed by atoms with Gasteiger partial charge >= 0.3 is 17.2 Å². The van der Waals surface area contributed by atoms with Gasteiger partial charge in [-0.1, -0.05) is 59.9 Å². The van der Waals surface area contributed by atoms with Gasteiger partial charge < -0.3 is 0 Å². The van der Waals surface area contributed by atoms with Gasteiger partial charge in [-0.15, -0.1) is 0 Å². The number of fused-ring (bicyclic) bond motifs is 1. The van der Waals surface area contributed by atoms with Crippen LogP contribution >= 0.6 is 11.3 Å². The van der Waals surface area contributed by atoms with E-state index in [1.807, 2.05) is 0 Å². The van der Waals surface area contributed by atoms with Crippen LogP contribution < -0.4 is 15.7 Å². The third-order valence-corrected chi connectivity index (χ3v) is 5.76. The number of para-hydroxylation sites is 1. The lowest BCUT2D eigenvalue weighted by atomic mass is 10.0. The number of hydrogen-bond donors (Lipinski definition) is 0. The highest BCUT2D eigenvalue weighted by atomic mass is 32.1. The molecule has 0 radical (unpaired) electrons. The van der Waals surface area contributed by atoms with E-state index in [2.05, 4.69) is 0 Å². The zero-order valence-electron chi connectivity index (χ0n) is 15.8. The molecule has 0 N–H and O–H groups in total. The van der Waals surface area contributed by atoms with E-state index in [0.717, 1.165) is 23.5 Å². The van der Waals surface area contributed by atoms with Crippen molar-refractivity contribution in [3.05, 3.63) is 114 Å². The number of rotatable bonds is 3. The zero-order chi connectivity index (χ0) is 22.2. The lowest BCUT2D eigenvalue weighted by molar-refractivity contribution is -0.137. The smallest absolute Gasteiger partial charge is 0.300 e. The molecule has 0 saturated heterocycles. The summed E-state index contributed by atoms with van der Waals surface area (Å²) in [6, 6.07) is 18.5. The van der Waals surface area contributed by atoms with Crippen LogP contribution in [0.25, 0.3) is 21.3 Å². The molecule has 156 valence electrons. The Hall–Kier alpha value is -3.52. The maximum absolute atomic E-state index is 12.7. The number of alkyl halides is 3. The molecule has 0 aliphatic rings. The van der Waals surface area contributed by atoms with Crippen molar-refractivity contribution in [3.8, 4) is 11.1 Å². The van der Waals surface area contributed by atoms with Crippen molar-refractivity contribution in [2.45, 2.75) is 12.7 Å². The van der Waals surface area contributed by atoms with Crippen LogP contribution in [0.4, 0.5) is 13.2 Å². The van der Waals surface area contributed by atoms with Gasteiger partial charge in [0.15, 0.2) is 0 Å². The van der Waals surface area contributed by atoms with E-state index < -0.39 is 27.5 Å². The highest BCUT2D eigenvalue weighted by Gasteiger charge is 2.29. The largest absolute Gasteiger partial charge is 0.416 e. The molecule has 0 fully saturated rings. The van der Waals surface area contributed by atoms with E-state index in [9.17, 15) is 27.6 Å². The molecule has 0 aliphatic heterocycles. The molecule has 0 unspecified atom stereocenters. The molecule has 1 aromatic heterocycles. The Kier molecular flexibility index (Phi) is 5.32. The first-order valence-corrected chi connectivity index (χ1v) is 9.99. The fraction of sp³-hybridized carbons (Fsp3) is 0.0870. The topological polar surface area (TPSA) is 56.1 Å². The Bertz CT molecular complexity index is 1440. The molecule has 0 atom stereocenters. The number of hydrogen-bond acceptors (Lipinski definition) is 4. The summed E-state index contributed by atoms with van der Waals surface area (Å²) >= 11 is 0.730. The molecule has 0 bridgehead atoms. The number of nitrogens with zero attached hydrogens (tertiary/aromatic N) is 1. The Morgan fingerprint density at radius 1 is 0.774 bits per heavy atom. The van der Waals surface area contributed by atoms with Gasteiger partial charge in [0.2, 0.25) is 0 Å². The van der Waals surface area contributed by atoms with Crippen LogP contribution in [0.5, 0.6) is 0 Å². The van der Waals surface area contributed by atoms with E-state index in [1.54, 1.807) is 48.5 Å². The molecule has 1 heterocycles. The van der Waals surface area contributed by atoms with Crippen molar-refractivity contribution < 1.29 is 13.2 Å². The zero-order valence-corrected chi connectivity index (χ0v) is 16.7. The van der Waals surface area contributed by atoms with Gasteiger partial charge in [-0.3, -0.25) is 19.0 Å². The summed E-state index contributed by atoms with van der Waals surface area (Å²) in [6.45, 7) is 0.0721. The first kappa shape index (κ1) is 20.7. The molecular formula is C23H14F3NO3S. The summed E-state index contributed by atoms with van der Waals surface area (Å²) < 4.78 is 39.2. The summed E-state index contributed by atoms with van der Waals surface area (Å²) in [6.07, 6.45) is -4.39. The standard InChI is InChI=1S/C23H14F3NO3S/c24-23(25,26)17-11-9-16(10-12-17)15-7-5-14(6-8-15)13-27-18-3-1-2-4-19(18)31-22(30)20(28)21(27)29/h1-12H,13H2. The first-order valence-electron chi connectivity index (χ1n) is 9.17. The van der Waals surface area contributed by atoms with Crippen LogP contribution in [0.1, 0.15) is 11.1 Å². The third-order valence-electron chi connectivity index (χ3n) is 4.82. The van der Waals surface area contributed by atoms with Crippen molar-refractivity contribution in [1.82, 2.24) is 4.57 Å². The summed E-state index contributed by atoms with van der Waals surface area (Å²) in [5.74, 6) is 0. The van der Waals surface area contributed by atoms with Crippen molar-refractivity contribution in [3.63, 3.8) is 0 Å². The molecule has 31 heavy (non-hydrogen) atoms. The molecule has 0 amide bonds. The van der Waals surface area contributed by atoms with Gasteiger partial charge in [0.25, 0.3) is 4.74 Å². The van der Waals surface area contributed by atoms with E-state index in [4.69, 9.17) is 0 Å². The van der Waals surface area contributed by atoms with Crippen LogP contribution in [-0.2, 0) is 12.7 Å². The predicted octanol–water partition coefficient (Wildman–Crippen LogP) is 4.52. The maximum Gasteiger partial charge on any atom is 0.416 e. The molecule has 0 spiro atoms. The first-order chi connectivity index (χ1) is 14.7. The molecule has 4 aromatic rings. The summed E-state index contributed by atoms with van der Waals surface area (Å²) in [5, 5.41) is 0. The molecule has 8 heteroatoms. The van der Waals surface area contributed by atoms with Gasteiger partial charge in [0.05, 0.1) is 22.3 Å². The molecule has 4 nitrogen and oxygen atoms in total. The third kappa shape index (κ3) is 4.20.